The highest BCUT2D eigenvalue weighted by Crippen LogP contribution is 2.37. The fourth-order valence-electron chi connectivity index (χ4n) is 3.38. The highest BCUT2D eigenvalue weighted by molar-refractivity contribution is 6.30. The van der Waals surface area contributed by atoms with Crippen LogP contribution in [0.3, 0.4) is 0 Å². The SMILES string of the molecule is CC(=O)N(Cc1ccccc1OC(C)C)c1ccc(Cl)cc1Oc1ccc(C(C)C)cc1. The van der Waals surface area contributed by atoms with E-state index in [-0.39, 0.29) is 12.0 Å². The molecule has 0 aliphatic heterocycles. The maximum atomic E-state index is 12.7. The smallest absolute Gasteiger partial charge is 0.224 e. The van der Waals surface area contributed by atoms with Gasteiger partial charge in [0.05, 0.1) is 18.3 Å². The Labute approximate surface area is 195 Å². The van der Waals surface area contributed by atoms with Crippen LogP contribution in [0, 0.1) is 0 Å². The van der Waals surface area contributed by atoms with E-state index in [9.17, 15) is 4.79 Å². The number of carbonyl (C=O) groups excluding carboxylic acids is 1. The van der Waals surface area contributed by atoms with Crippen LogP contribution in [0.15, 0.2) is 66.7 Å². The Morgan fingerprint density at radius 3 is 2.25 bits per heavy atom. The summed E-state index contributed by atoms with van der Waals surface area (Å²) in [6, 6.07) is 21.0. The minimum Gasteiger partial charge on any atom is -0.491 e. The molecular weight excluding hydrogens is 422 g/mol. The molecule has 32 heavy (non-hydrogen) atoms. The average Bonchev–Trinajstić information content (AvgIpc) is 2.73. The molecular formula is C27H30ClNO3. The molecule has 0 saturated carbocycles. The van der Waals surface area contributed by atoms with E-state index >= 15 is 0 Å². The number of ether oxygens (including phenoxy) is 2. The van der Waals surface area contributed by atoms with Crippen molar-refractivity contribution in [1.29, 1.82) is 0 Å². The molecule has 0 aliphatic rings. The molecule has 0 saturated heterocycles. The lowest BCUT2D eigenvalue weighted by Gasteiger charge is -2.25. The molecule has 0 N–H and O–H groups in total. The van der Waals surface area contributed by atoms with Crippen molar-refractivity contribution in [2.45, 2.75) is 53.2 Å². The van der Waals surface area contributed by atoms with Crippen LogP contribution in [0.25, 0.3) is 0 Å². The van der Waals surface area contributed by atoms with Crippen LogP contribution >= 0.6 is 11.6 Å². The zero-order valence-electron chi connectivity index (χ0n) is 19.3. The second-order valence-electron chi connectivity index (χ2n) is 8.32. The van der Waals surface area contributed by atoms with Gasteiger partial charge in [0.15, 0.2) is 5.75 Å². The molecule has 0 radical (unpaired) electrons. The second-order valence-corrected chi connectivity index (χ2v) is 8.75. The minimum atomic E-state index is -0.105. The van der Waals surface area contributed by atoms with Gasteiger partial charge in [-0.2, -0.15) is 0 Å². The lowest BCUT2D eigenvalue weighted by atomic mass is 10.0. The first-order valence-electron chi connectivity index (χ1n) is 10.8. The Kier molecular flexibility index (Phi) is 7.81. The molecule has 4 nitrogen and oxygen atoms in total. The molecule has 0 atom stereocenters. The molecule has 3 aromatic carbocycles. The number of para-hydroxylation sites is 1. The molecule has 0 aliphatic carbocycles. The van der Waals surface area contributed by atoms with Crippen molar-refractivity contribution in [3.63, 3.8) is 0 Å². The van der Waals surface area contributed by atoms with Crippen molar-refractivity contribution in [2.75, 3.05) is 4.90 Å². The largest absolute Gasteiger partial charge is 0.491 e. The van der Waals surface area contributed by atoms with E-state index in [1.54, 1.807) is 24.0 Å². The molecule has 0 unspecified atom stereocenters. The third-order valence-corrected chi connectivity index (χ3v) is 5.27. The normalized spacial score (nSPS) is 11.0. The fourth-order valence-corrected chi connectivity index (χ4v) is 3.54. The van der Waals surface area contributed by atoms with Gasteiger partial charge in [-0.1, -0.05) is 55.8 Å². The van der Waals surface area contributed by atoms with Crippen LogP contribution in [-0.2, 0) is 11.3 Å². The molecule has 0 spiro atoms. The lowest BCUT2D eigenvalue weighted by molar-refractivity contribution is -0.116. The maximum Gasteiger partial charge on any atom is 0.224 e. The summed E-state index contributed by atoms with van der Waals surface area (Å²) in [7, 11) is 0. The van der Waals surface area contributed by atoms with Crippen molar-refractivity contribution in [1.82, 2.24) is 0 Å². The van der Waals surface area contributed by atoms with E-state index in [2.05, 4.69) is 13.8 Å². The Morgan fingerprint density at radius 1 is 0.938 bits per heavy atom. The molecule has 1 amide bonds. The number of hydrogen-bond donors (Lipinski definition) is 0. The predicted molar refractivity (Wildman–Crippen MR) is 131 cm³/mol. The number of carbonyl (C=O) groups is 1. The van der Waals surface area contributed by atoms with Crippen LogP contribution in [0.1, 0.15) is 51.7 Å². The van der Waals surface area contributed by atoms with Crippen LogP contribution in [0.2, 0.25) is 5.02 Å². The number of nitrogens with zero attached hydrogens (tertiary/aromatic N) is 1. The van der Waals surface area contributed by atoms with Gasteiger partial charge in [-0.25, -0.2) is 0 Å². The van der Waals surface area contributed by atoms with Crippen molar-refractivity contribution in [3.8, 4) is 17.2 Å². The first-order valence-corrected chi connectivity index (χ1v) is 11.2. The molecule has 168 valence electrons. The fraction of sp³-hybridized carbons (Fsp3) is 0.296. The van der Waals surface area contributed by atoms with E-state index in [4.69, 9.17) is 21.1 Å². The second kappa shape index (κ2) is 10.6. The number of rotatable bonds is 8. The van der Waals surface area contributed by atoms with Gasteiger partial charge in [-0.3, -0.25) is 4.79 Å². The molecule has 5 heteroatoms. The summed E-state index contributed by atoms with van der Waals surface area (Å²) >= 11 is 6.27. The third kappa shape index (κ3) is 6.04. The Hall–Kier alpha value is -2.98. The monoisotopic (exact) mass is 451 g/mol. The third-order valence-electron chi connectivity index (χ3n) is 5.03. The molecule has 0 fully saturated rings. The topological polar surface area (TPSA) is 38.8 Å². The number of anilines is 1. The molecule has 3 rings (SSSR count). The van der Waals surface area contributed by atoms with Crippen LogP contribution in [0.5, 0.6) is 17.2 Å². The first-order chi connectivity index (χ1) is 15.2. The van der Waals surface area contributed by atoms with Crippen molar-refractivity contribution >= 4 is 23.2 Å². The average molecular weight is 452 g/mol. The summed E-state index contributed by atoms with van der Waals surface area (Å²) in [6.07, 6.45) is 0.0326. The molecule has 0 aromatic heterocycles. The minimum absolute atomic E-state index is 0.0326. The quantitative estimate of drug-likeness (QED) is 0.354. The van der Waals surface area contributed by atoms with Crippen molar-refractivity contribution < 1.29 is 14.3 Å². The van der Waals surface area contributed by atoms with Gasteiger partial charge in [-0.05, 0) is 55.7 Å². The summed E-state index contributed by atoms with van der Waals surface area (Å²) < 4.78 is 12.1. The molecule has 3 aromatic rings. The van der Waals surface area contributed by atoms with Gasteiger partial charge in [0.2, 0.25) is 5.91 Å². The van der Waals surface area contributed by atoms with E-state index in [0.29, 0.717) is 34.7 Å². The van der Waals surface area contributed by atoms with Gasteiger partial charge in [0.1, 0.15) is 11.5 Å². The highest BCUT2D eigenvalue weighted by Gasteiger charge is 2.20. The summed E-state index contributed by atoms with van der Waals surface area (Å²) in [6.45, 7) is 10.2. The lowest BCUT2D eigenvalue weighted by Crippen LogP contribution is -2.28. The maximum absolute atomic E-state index is 12.7. The number of benzene rings is 3. The zero-order valence-corrected chi connectivity index (χ0v) is 20.0. The van der Waals surface area contributed by atoms with Crippen LogP contribution in [0.4, 0.5) is 5.69 Å². The summed E-state index contributed by atoms with van der Waals surface area (Å²) in [5.41, 5.74) is 2.79. The van der Waals surface area contributed by atoms with E-state index in [1.807, 2.05) is 68.4 Å². The Bertz CT molecular complexity index is 1060. The van der Waals surface area contributed by atoms with E-state index < -0.39 is 0 Å². The van der Waals surface area contributed by atoms with E-state index in [0.717, 1.165) is 11.3 Å². The molecule has 0 bridgehead atoms. The van der Waals surface area contributed by atoms with Gasteiger partial charge < -0.3 is 14.4 Å². The van der Waals surface area contributed by atoms with Crippen molar-refractivity contribution in [2.24, 2.45) is 0 Å². The van der Waals surface area contributed by atoms with Crippen LogP contribution < -0.4 is 14.4 Å². The summed E-state index contributed by atoms with van der Waals surface area (Å²) in [4.78, 5) is 14.4. The Balaban J connectivity index is 1.95. The van der Waals surface area contributed by atoms with E-state index in [1.165, 1.54) is 5.56 Å². The number of amides is 1. The van der Waals surface area contributed by atoms with Gasteiger partial charge in [0.25, 0.3) is 0 Å². The standard InChI is InChI=1S/C27H30ClNO3/c1-18(2)21-10-13-24(14-11-21)32-27-16-23(28)12-15-25(27)29(20(5)30)17-22-8-6-7-9-26(22)31-19(3)4/h6-16,18-19H,17H2,1-5H3. The van der Waals surface area contributed by atoms with Crippen molar-refractivity contribution in [3.05, 3.63) is 82.9 Å². The Morgan fingerprint density at radius 2 is 1.62 bits per heavy atom. The van der Waals surface area contributed by atoms with Crippen LogP contribution in [-0.4, -0.2) is 12.0 Å². The summed E-state index contributed by atoms with van der Waals surface area (Å²) in [5, 5.41) is 0.537. The summed E-state index contributed by atoms with van der Waals surface area (Å²) in [5.74, 6) is 2.30. The number of halogens is 1. The first kappa shape index (κ1) is 23.7. The zero-order chi connectivity index (χ0) is 23.3. The number of hydrogen-bond acceptors (Lipinski definition) is 3. The van der Waals surface area contributed by atoms with Gasteiger partial charge in [-0.15, -0.1) is 0 Å². The van der Waals surface area contributed by atoms with Gasteiger partial charge >= 0.3 is 0 Å². The predicted octanol–water partition coefficient (Wildman–Crippen LogP) is 7.60. The van der Waals surface area contributed by atoms with Gasteiger partial charge in [0, 0.05) is 23.6 Å². The molecule has 0 heterocycles. The highest BCUT2D eigenvalue weighted by atomic mass is 35.5.